The van der Waals surface area contributed by atoms with Gasteiger partial charge in [0.25, 0.3) is 0 Å². The molecule has 3 nitrogen and oxygen atoms in total. The summed E-state index contributed by atoms with van der Waals surface area (Å²) in [4.78, 5) is 0. The van der Waals surface area contributed by atoms with Crippen LogP contribution >= 0.6 is 23.2 Å². The lowest BCUT2D eigenvalue weighted by Gasteiger charge is -2.08. The first-order valence-electron chi connectivity index (χ1n) is 3.27. The molecule has 0 aliphatic rings. The second-order valence-electron chi connectivity index (χ2n) is 2.26. The van der Waals surface area contributed by atoms with Crippen molar-refractivity contribution in [3.8, 4) is 6.07 Å². The Labute approximate surface area is 88.0 Å². The fraction of sp³-hybridized carbons (Fsp3) is 0. The van der Waals surface area contributed by atoms with E-state index in [0.717, 1.165) is 0 Å². The number of nitrogen functional groups attached to an aromatic ring is 1. The molecule has 0 bridgehead atoms. The van der Waals surface area contributed by atoms with Gasteiger partial charge in [0.1, 0.15) is 21.7 Å². The number of anilines is 1. The van der Waals surface area contributed by atoms with Crippen molar-refractivity contribution >= 4 is 28.9 Å². The van der Waals surface area contributed by atoms with Crippen LogP contribution in [0.1, 0.15) is 5.56 Å². The monoisotopic (exact) mass is 237 g/mol. The summed E-state index contributed by atoms with van der Waals surface area (Å²) < 4.78 is 26.3. The molecule has 74 valence electrons. The Hall–Kier alpha value is -1.09. The lowest BCUT2D eigenvalue weighted by atomic mass is 10.2. The first-order valence-corrected chi connectivity index (χ1v) is 4.02. The molecule has 0 amide bonds. The SMILES string of the molecule is N#Cc1c(F)c(Cl)c(NN)c(Cl)c1F. The van der Waals surface area contributed by atoms with Crippen molar-refractivity contribution in [2.24, 2.45) is 5.84 Å². The standard InChI is InChI=1S/C7H3Cl2F2N3/c8-3-5(10)2(1-12)6(11)4(9)7(3)14-13/h14H,13H2. The van der Waals surface area contributed by atoms with Gasteiger partial charge in [0.15, 0.2) is 11.6 Å². The molecule has 0 aliphatic heterocycles. The smallest absolute Gasteiger partial charge is 0.164 e. The van der Waals surface area contributed by atoms with E-state index in [0.29, 0.717) is 0 Å². The predicted molar refractivity (Wildman–Crippen MR) is 48.9 cm³/mol. The fourth-order valence-corrected chi connectivity index (χ4v) is 1.39. The van der Waals surface area contributed by atoms with Gasteiger partial charge >= 0.3 is 0 Å². The maximum atomic E-state index is 13.1. The summed E-state index contributed by atoms with van der Waals surface area (Å²) in [6.07, 6.45) is 0. The number of hydrazine groups is 1. The number of benzene rings is 1. The van der Waals surface area contributed by atoms with Crippen LogP contribution in [0.3, 0.4) is 0 Å². The molecule has 3 N–H and O–H groups in total. The van der Waals surface area contributed by atoms with Gasteiger partial charge in [-0.2, -0.15) is 5.26 Å². The van der Waals surface area contributed by atoms with Crippen molar-refractivity contribution in [3.63, 3.8) is 0 Å². The van der Waals surface area contributed by atoms with E-state index in [1.165, 1.54) is 6.07 Å². The number of nitriles is 1. The van der Waals surface area contributed by atoms with Gasteiger partial charge < -0.3 is 5.43 Å². The van der Waals surface area contributed by atoms with Gasteiger partial charge in [-0.15, -0.1) is 0 Å². The number of halogens is 4. The highest BCUT2D eigenvalue weighted by molar-refractivity contribution is 6.39. The molecule has 0 aliphatic carbocycles. The van der Waals surface area contributed by atoms with Gasteiger partial charge in [-0.3, -0.25) is 5.84 Å². The summed E-state index contributed by atoms with van der Waals surface area (Å²) in [5.74, 6) is 2.56. The number of nitrogens with one attached hydrogen (secondary N) is 1. The first-order chi connectivity index (χ1) is 6.54. The summed E-state index contributed by atoms with van der Waals surface area (Å²) in [6.45, 7) is 0. The zero-order valence-corrected chi connectivity index (χ0v) is 8.05. The zero-order valence-electron chi connectivity index (χ0n) is 6.54. The van der Waals surface area contributed by atoms with Crippen molar-refractivity contribution < 1.29 is 8.78 Å². The fourth-order valence-electron chi connectivity index (χ4n) is 0.857. The molecule has 1 aromatic carbocycles. The van der Waals surface area contributed by atoms with Gasteiger partial charge in [-0.05, 0) is 0 Å². The molecule has 0 fully saturated rings. The predicted octanol–water partition coefficient (Wildman–Crippen LogP) is 2.43. The van der Waals surface area contributed by atoms with Crippen LogP contribution in [0.5, 0.6) is 0 Å². The third-order valence-corrected chi connectivity index (χ3v) is 2.23. The van der Waals surface area contributed by atoms with Crippen LogP contribution < -0.4 is 11.3 Å². The third-order valence-electron chi connectivity index (χ3n) is 1.52. The Morgan fingerprint density at radius 1 is 1.21 bits per heavy atom. The van der Waals surface area contributed by atoms with E-state index in [-0.39, 0.29) is 5.69 Å². The average Bonchev–Trinajstić information content (AvgIpc) is 2.17. The van der Waals surface area contributed by atoms with Crippen LogP contribution in [-0.2, 0) is 0 Å². The average molecular weight is 238 g/mol. The summed E-state index contributed by atoms with van der Waals surface area (Å²) >= 11 is 10.9. The molecule has 0 saturated heterocycles. The van der Waals surface area contributed by atoms with Crippen molar-refractivity contribution in [1.29, 1.82) is 5.26 Å². The molecule has 7 heteroatoms. The van der Waals surface area contributed by atoms with Crippen molar-refractivity contribution in [2.45, 2.75) is 0 Å². The Kier molecular flexibility index (Phi) is 3.11. The molecule has 0 spiro atoms. The van der Waals surface area contributed by atoms with Gasteiger partial charge in [0.2, 0.25) is 0 Å². The largest absolute Gasteiger partial charge is 0.321 e. The van der Waals surface area contributed by atoms with E-state index in [2.05, 4.69) is 0 Å². The van der Waals surface area contributed by atoms with Crippen molar-refractivity contribution in [3.05, 3.63) is 27.2 Å². The highest BCUT2D eigenvalue weighted by Gasteiger charge is 2.22. The molecule has 1 rings (SSSR count). The third kappa shape index (κ3) is 1.48. The minimum Gasteiger partial charge on any atom is -0.321 e. The number of hydrogen-bond acceptors (Lipinski definition) is 3. The van der Waals surface area contributed by atoms with Gasteiger partial charge in [-0.25, -0.2) is 8.78 Å². The van der Waals surface area contributed by atoms with Gasteiger partial charge in [-0.1, -0.05) is 23.2 Å². The maximum absolute atomic E-state index is 13.1. The molecular weight excluding hydrogens is 235 g/mol. The molecule has 0 heterocycles. The van der Waals surface area contributed by atoms with Gasteiger partial charge in [0.05, 0.1) is 5.69 Å². The lowest BCUT2D eigenvalue weighted by Crippen LogP contribution is -2.10. The Bertz CT molecular complexity index is 391. The van der Waals surface area contributed by atoms with E-state index < -0.39 is 27.2 Å². The van der Waals surface area contributed by atoms with E-state index >= 15 is 0 Å². The molecule has 0 radical (unpaired) electrons. The van der Waals surface area contributed by atoms with E-state index in [4.69, 9.17) is 34.3 Å². The highest BCUT2D eigenvalue weighted by atomic mass is 35.5. The Balaban J connectivity index is 3.66. The summed E-state index contributed by atoms with van der Waals surface area (Å²) in [7, 11) is 0. The zero-order chi connectivity index (χ0) is 10.9. The quantitative estimate of drug-likeness (QED) is 0.448. The molecule has 1 aromatic rings. The highest BCUT2D eigenvalue weighted by Crippen LogP contribution is 2.36. The second kappa shape index (κ2) is 3.96. The van der Waals surface area contributed by atoms with Crippen LogP contribution in [0.25, 0.3) is 0 Å². The topological polar surface area (TPSA) is 61.8 Å². The van der Waals surface area contributed by atoms with Crippen molar-refractivity contribution in [1.82, 2.24) is 0 Å². The van der Waals surface area contributed by atoms with Crippen LogP contribution in [-0.4, -0.2) is 0 Å². The number of nitrogens with zero attached hydrogens (tertiary/aromatic N) is 1. The van der Waals surface area contributed by atoms with Crippen LogP contribution in [0.4, 0.5) is 14.5 Å². The van der Waals surface area contributed by atoms with Gasteiger partial charge in [0, 0.05) is 0 Å². The summed E-state index contributed by atoms with van der Waals surface area (Å²) in [5, 5.41) is 7.38. The Morgan fingerprint density at radius 3 is 1.93 bits per heavy atom. The van der Waals surface area contributed by atoms with E-state index in [1.807, 2.05) is 5.43 Å². The van der Waals surface area contributed by atoms with Crippen LogP contribution in [0.15, 0.2) is 0 Å². The summed E-state index contributed by atoms with van der Waals surface area (Å²) in [5.41, 5.74) is 0.819. The Morgan fingerprint density at radius 2 is 1.64 bits per heavy atom. The summed E-state index contributed by atoms with van der Waals surface area (Å²) in [6, 6.07) is 1.31. The first kappa shape index (κ1) is 11.0. The molecule has 0 saturated carbocycles. The van der Waals surface area contributed by atoms with Crippen LogP contribution in [0, 0.1) is 23.0 Å². The number of nitrogens with two attached hydrogens (primary N) is 1. The number of hydrogen-bond donors (Lipinski definition) is 2. The lowest BCUT2D eigenvalue weighted by molar-refractivity contribution is 0.578. The van der Waals surface area contributed by atoms with E-state index in [1.54, 1.807) is 0 Å². The molecule has 0 atom stereocenters. The minimum atomic E-state index is -1.19. The second-order valence-corrected chi connectivity index (χ2v) is 3.02. The maximum Gasteiger partial charge on any atom is 0.164 e. The minimum absolute atomic E-state index is 0.290. The molecule has 14 heavy (non-hydrogen) atoms. The normalized spacial score (nSPS) is 9.71. The molecule has 0 unspecified atom stereocenters. The van der Waals surface area contributed by atoms with Crippen LogP contribution in [0.2, 0.25) is 10.0 Å². The van der Waals surface area contributed by atoms with E-state index in [9.17, 15) is 8.78 Å². The molecular formula is C7H3Cl2F2N3. The van der Waals surface area contributed by atoms with Crippen molar-refractivity contribution in [2.75, 3.05) is 5.43 Å². The number of rotatable bonds is 1. The molecule has 0 aromatic heterocycles.